The monoisotopic (exact) mass is 437 g/mol. The van der Waals surface area contributed by atoms with Crippen molar-refractivity contribution < 1.29 is 13.9 Å². The van der Waals surface area contributed by atoms with Crippen LogP contribution in [0.1, 0.15) is 25.0 Å². The first-order valence-corrected chi connectivity index (χ1v) is 8.64. The fourth-order valence-electron chi connectivity index (χ4n) is 2.24. The van der Waals surface area contributed by atoms with Crippen LogP contribution in [0, 0.1) is 20.7 Å². The quantitative estimate of drug-likeness (QED) is 0.350. The van der Waals surface area contributed by atoms with Gasteiger partial charge < -0.3 is 9.47 Å². The lowest BCUT2D eigenvalue weighted by molar-refractivity contribution is 0.286. The molecule has 124 valence electrons. The van der Waals surface area contributed by atoms with E-state index < -0.39 is 5.82 Å². The minimum Gasteiger partial charge on any atom is -0.490 e. The standard InChI is InChI=1S/C19H17FINO2/c1-3-23-18-11-13(10-17(21)19(18)24-4-2)9-14(12-22)15-7-5-6-8-16(15)20/h5-11H,3-4H2,1-2H3. The minimum absolute atomic E-state index is 0.260. The molecule has 0 fully saturated rings. The van der Waals surface area contributed by atoms with E-state index in [4.69, 9.17) is 9.47 Å². The summed E-state index contributed by atoms with van der Waals surface area (Å²) in [5, 5.41) is 9.40. The van der Waals surface area contributed by atoms with Crippen LogP contribution in [0.4, 0.5) is 4.39 Å². The van der Waals surface area contributed by atoms with Crippen molar-refractivity contribution in [1.29, 1.82) is 5.26 Å². The Balaban J connectivity index is 2.51. The lowest BCUT2D eigenvalue weighted by atomic mass is 10.0. The maximum absolute atomic E-state index is 13.9. The largest absolute Gasteiger partial charge is 0.490 e. The van der Waals surface area contributed by atoms with E-state index in [2.05, 4.69) is 28.7 Å². The van der Waals surface area contributed by atoms with E-state index in [9.17, 15) is 9.65 Å². The van der Waals surface area contributed by atoms with Gasteiger partial charge in [-0.15, -0.1) is 0 Å². The summed E-state index contributed by atoms with van der Waals surface area (Å²) in [4.78, 5) is 0. The molecule has 0 heterocycles. The van der Waals surface area contributed by atoms with Crippen molar-refractivity contribution in [2.75, 3.05) is 13.2 Å². The second-order valence-electron chi connectivity index (χ2n) is 4.85. The number of nitriles is 1. The molecule has 0 bridgehead atoms. The molecule has 0 unspecified atom stereocenters. The normalized spacial score (nSPS) is 11.0. The summed E-state index contributed by atoms with van der Waals surface area (Å²) in [7, 11) is 0. The van der Waals surface area contributed by atoms with Gasteiger partial charge in [0.2, 0.25) is 0 Å². The van der Waals surface area contributed by atoms with Gasteiger partial charge >= 0.3 is 0 Å². The van der Waals surface area contributed by atoms with Gasteiger partial charge in [-0.3, -0.25) is 0 Å². The number of nitrogens with zero attached hydrogens (tertiary/aromatic N) is 1. The van der Waals surface area contributed by atoms with Gasteiger partial charge in [0.15, 0.2) is 11.5 Å². The summed E-state index contributed by atoms with van der Waals surface area (Å²) in [6.45, 7) is 4.84. The highest BCUT2D eigenvalue weighted by molar-refractivity contribution is 14.1. The Hall–Kier alpha value is -2.07. The first-order valence-electron chi connectivity index (χ1n) is 7.56. The molecule has 2 aromatic rings. The fourth-order valence-corrected chi connectivity index (χ4v) is 3.02. The summed E-state index contributed by atoms with van der Waals surface area (Å²) in [6.07, 6.45) is 1.65. The second-order valence-corrected chi connectivity index (χ2v) is 6.01. The number of allylic oxidation sites excluding steroid dienone is 1. The summed E-state index contributed by atoms with van der Waals surface area (Å²) in [6, 6.07) is 12.0. The predicted octanol–water partition coefficient (Wildman–Crippen LogP) is 5.29. The molecule has 0 saturated carbocycles. The van der Waals surface area contributed by atoms with Crippen molar-refractivity contribution in [2.24, 2.45) is 0 Å². The number of halogens is 2. The van der Waals surface area contributed by atoms with Crippen molar-refractivity contribution in [3.63, 3.8) is 0 Å². The summed E-state index contributed by atoms with van der Waals surface area (Å²) in [5.74, 6) is 0.876. The maximum atomic E-state index is 13.9. The molecule has 2 aromatic carbocycles. The summed E-state index contributed by atoms with van der Waals surface area (Å²) in [5.41, 5.74) is 1.29. The molecule has 5 heteroatoms. The van der Waals surface area contributed by atoms with E-state index in [0.29, 0.717) is 24.7 Å². The third-order valence-corrected chi connectivity index (χ3v) is 4.02. The van der Waals surface area contributed by atoms with Crippen LogP contribution in [0.2, 0.25) is 0 Å². The number of benzene rings is 2. The van der Waals surface area contributed by atoms with Gasteiger partial charge in [-0.1, -0.05) is 18.2 Å². The van der Waals surface area contributed by atoms with E-state index >= 15 is 0 Å². The van der Waals surface area contributed by atoms with Crippen LogP contribution in [0.3, 0.4) is 0 Å². The van der Waals surface area contributed by atoms with Crippen LogP contribution in [-0.4, -0.2) is 13.2 Å². The van der Waals surface area contributed by atoms with Gasteiger partial charge in [-0.05, 0) is 66.3 Å². The van der Waals surface area contributed by atoms with Crippen LogP contribution in [-0.2, 0) is 0 Å². The molecular weight excluding hydrogens is 420 g/mol. The highest BCUT2D eigenvalue weighted by Gasteiger charge is 2.13. The van der Waals surface area contributed by atoms with E-state index in [0.717, 1.165) is 9.13 Å². The molecule has 0 N–H and O–H groups in total. The average Bonchev–Trinajstić information content (AvgIpc) is 2.57. The van der Waals surface area contributed by atoms with E-state index in [1.54, 1.807) is 30.3 Å². The van der Waals surface area contributed by atoms with Crippen molar-refractivity contribution >= 4 is 34.2 Å². The maximum Gasteiger partial charge on any atom is 0.174 e. The van der Waals surface area contributed by atoms with Crippen LogP contribution in [0.15, 0.2) is 36.4 Å². The zero-order chi connectivity index (χ0) is 17.5. The van der Waals surface area contributed by atoms with Crippen molar-refractivity contribution in [3.05, 3.63) is 56.9 Å². The molecule has 0 radical (unpaired) electrons. The van der Waals surface area contributed by atoms with Crippen LogP contribution < -0.4 is 9.47 Å². The molecule has 3 nitrogen and oxygen atoms in total. The lowest BCUT2D eigenvalue weighted by Crippen LogP contribution is -2.01. The number of rotatable bonds is 6. The molecule has 0 atom stereocenters. The Kier molecular flexibility index (Phi) is 6.62. The Morgan fingerprint density at radius 3 is 2.54 bits per heavy atom. The average molecular weight is 437 g/mol. The smallest absolute Gasteiger partial charge is 0.174 e. The molecular formula is C19H17FINO2. The van der Waals surface area contributed by atoms with E-state index in [1.807, 2.05) is 19.9 Å². The van der Waals surface area contributed by atoms with Crippen LogP contribution in [0.5, 0.6) is 11.5 Å². The fraction of sp³-hybridized carbons (Fsp3) is 0.211. The van der Waals surface area contributed by atoms with Crippen molar-refractivity contribution in [1.82, 2.24) is 0 Å². The van der Waals surface area contributed by atoms with Gasteiger partial charge in [0.25, 0.3) is 0 Å². The van der Waals surface area contributed by atoms with Crippen LogP contribution >= 0.6 is 22.6 Å². The molecule has 0 aliphatic rings. The van der Waals surface area contributed by atoms with Gasteiger partial charge in [-0.2, -0.15) is 5.26 Å². The molecule has 0 aliphatic carbocycles. The SMILES string of the molecule is CCOc1cc(C=C(C#N)c2ccccc2F)cc(I)c1OCC. The van der Waals surface area contributed by atoms with Crippen molar-refractivity contribution in [3.8, 4) is 17.6 Å². The first kappa shape index (κ1) is 18.3. The summed E-state index contributed by atoms with van der Waals surface area (Å²) >= 11 is 2.16. The molecule has 0 aliphatic heterocycles. The third kappa shape index (κ3) is 4.26. The van der Waals surface area contributed by atoms with Gasteiger partial charge in [0.1, 0.15) is 5.82 Å². The Labute approximate surface area is 154 Å². The molecule has 24 heavy (non-hydrogen) atoms. The van der Waals surface area contributed by atoms with Gasteiger partial charge in [-0.25, -0.2) is 4.39 Å². The number of hydrogen-bond donors (Lipinski definition) is 0. The molecule has 0 aromatic heterocycles. The van der Waals surface area contributed by atoms with E-state index in [1.165, 1.54) is 6.07 Å². The molecule has 2 rings (SSSR count). The van der Waals surface area contributed by atoms with Crippen molar-refractivity contribution in [2.45, 2.75) is 13.8 Å². The third-order valence-electron chi connectivity index (χ3n) is 3.22. The predicted molar refractivity (Wildman–Crippen MR) is 101 cm³/mol. The topological polar surface area (TPSA) is 42.2 Å². The molecule has 0 spiro atoms. The zero-order valence-corrected chi connectivity index (χ0v) is 15.6. The Bertz CT molecular complexity index is 796. The zero-order valence-electron chi connectivity index (χ0n) is 13.5. The number of ether oxygens (including phenoxy) is 2. The van der Waals surface area contributed by atoms with Gasteiger partial charge in [0.05, 0.1) is 28.4 Å². The molecule has 0 amide bonds. The van der Waals surface area contributed by atoms with Gasteiger partial charge in [0, 0.05) is 5.56 Å². The Morgan fingerprint density at radius 2 is 1.92 bits per heavy atom. The first-order chi connectivity index (χ1) is 11.6. The second kappa shape index (κ2) is 8.69. The highest BCUT2D eigenvalue weighted by atomic mass is 127. The lowest BCUT2D eigenvalue weighted by Gasteiger charge is -2.13. The Morgan fingerprint density at radius 1 is 1.21 bits per heavy atom. The summed E-state index contributed by atoms with van der Waals surface area (Å²) < 4.78 is 26.1. The minimum atomic E-state index is -0.420. The van der Waals surface area contributed by atoms with E-state index in [-0.39, 0.29) is 11.1 Å². The van der Waals surface area contributed by atoms with Crippen LogP contribution in [0.25, 0.3) is 11.6 Å². The number of hydrogen-bond acceptors (Lipinski definition) is 3. The highest BCUT2D eigenvalue weighted by Crippen LogP contribution is 2.35. The molecule has 0 saturated heterocycles.